The van der Waals surface area contributed by atoms with Gasteiger partial charge in [0.1, 0.15) is 5.75 Å². The molecule has 0 unspecified atom stereocenters. The summed E-state index contributed by atoms with van der Waals surface area (Å²) in [6, 6.07) is 19.9. The predicted molar refractivity (Wildman–Crippen MR) is 89.8 cm³/mol. The third-order valence-corrected chi connectivity index (χ3v) is 3.29. The lowest BCUT2D eigenvalue weighted by Crippen LogP contribution is -2.11. The summed E-state index contributed by atoms with van der Waals surface area (Å²) < 4.78 is 0. The molecular formula is C18H14N2O3. The molecule has 0 aliphatic heterocycles. The van der Waals surface area contributed by atoms with Crippen LogP contribution in [0.5, 0.6) is 5.75 Å². The monoisotopic (exact) mass is 306 g/mol. The Balaban J connectivity index is 1.69. The van der Waals surface area contributed by atoms with Crippen LogP contribution in [0.2, 0.25) is 0 Å². The van der Waals surface area contributed by atoms with Gasteiger partial charge in [-0.25, -0.2) is 4.79 Å². The lowest BCUT2D eigenvalue weighted by atomic mass is 10.1. The summed E-state index contributed by atoms with van der Waals surface area (Å²) in [6.45, 7) is 0. The fourth-order valence-electron chi connectivity index (χ4n) is 2.19. The van der Waals surface area contributed by atoms with Gasteiger partial charge in [-0.15, -0.1) is 0 Å². The highest BCUT2D eigenvalue weighted by atomic mass is 16.7. The van der Waals surface area contributed by atoms with Crippen LogP contribution in [0.3, 0.4) is 0 Å². The summed E-state index contributed by atoms with van der Waals surface area (Å²) in [5.41, 5.74) is 1.11. The lowest BCUT2D eigenvalue weighted by molar-refractivity contribution is 0.167. The quantitative estimate of drug-likeness (QED) is 0.434. The number of phenolic OH excluding ortho intramolecular Hbond substituents is 1. The number of oxime groups is 1. The van der Waals surface area contributed by atoms with Gasteiger partial charge < -0.3 is 5.11 Å². The molecule has 0 aliphatic rings. The molecule has 5 heteroatoms. The van der Waals surface area contributed by atoms with Crippen LogP contribution in [0.4, 0.5) is 10.5 Å². The van der Waals surface area contributed by atoms with Gasteiger partial charge in [-0.2, -0.15) is 0 Å². The molecule has 3 aromatic rings. The van der Waals surface area contributed by atoms with Crippen LogP contribution in [-0.2, 0) is 4.84 Å². The van der Waals surface area contributed by atoms with Crippen molar-refractivity contribution in [1.29, 1.82) is 0 Å². The Hall–Kier alpha value is -3.34. The van der Waals surface area contributed by atoms with E-state index in [0.29, 0.717) is 11.3 Å². The topological polar surface area (TPSA) is 70.9 Å². The highest BCUT2D eigenvalue weighted by molar-refractivity contribution is 6.00. The van der Waals surface area contributed by atoms with Gasteiger partial charge in [0.15, 0.2) is 0 Å². The molecule has 0 aliphatic carbocycles. The number of carbonyl (C=O) groups excluding carboxylic acids is 1. The number of para-hydroxylation sites is 1. The van der Waals surface area contributed by atoms with E-state index in [1.807, 2.05) is 36.4 Å². The minimum Gasteiger partial charge on any atom is -0.507 e. The van der Waals surface area contributed by atoms with E-state index in [2.05, 4.69) is 10.5 Å². The number of hydrogen-bond acceptors (Lipinski definition) is 4. The molecule has 0 radical (unpaired) electrons. The third kappa shape index (κ3) is 3.47. The van der Waals surface area contributed by atoms with Crippen molar-refractivity contribution in [3.63, 3.8) is 0 Å². The Kier molecular flexibility index (Phi) is 4.20. The average molecular weight is 306 g/mol. The smallest absolute Gasteiger partial charge is 0.437 e. The highest BCUT2D eigenvalue weighted by Gasteiger charge is 2.06. The normalized spacial score (nSPS) is 10.8. The van der Waals surface area contributed by atoms with Gasteiger partial charge in [0.2, 0.25) is 0 Å². The van der Waals surface area contributed by atoms with E-state index in [0.717, 1.165) is 10.8 Å². The van der Waals surface area contributed by atoms with Crippen LogP contribution in [0.1, 0.15) is 5.56 Å². The van der Waals surface area contributed by atoms with E-state index in [1.54, 1.807) is 24.3 Å². The number of benzene rings is 3. The molecule has 5 nitrogen and oxygen atoms in total. The van der Waals surface area contributed by atoms with E-state index in [9.17, 15) is 9.90 Å². The SMILES string of the molecule is O=C(Nc1cccc2ccccc12)O/N=C/c1ccccc1O. The maximum atomic E-state index is 11.8. The average Bonchev–Trinajstić information content (AvgIpc) is 2.57. The van der Waals surface area contributed by atoms with Crippen LogP contribution in [-0.4, -0.2) is 17.4 Å². The Morgan fingerprint density at radius 3 is 2.61 bits per heavy atom. The summed E-state index contributed by atoms with van der Waals surface area (Å²) in [4.78, 5) is 16.6. The molecule has 0 heterocycles. The summed E-state index contributed by atoms with van der Waals surface area (Å²) >= 11 is 0. The first-order valence-corrected chi connectivity index (χ1v) is 7.01. The molecule has 0 aromatic heterocycles. The second-order valence-electron chi connectivity index (χ2n) is 4.82. The standard InChI is InChI=1S/C18H14N2O3/c21-17-11-4-2-7-14(17)12-19-23-18(22)20-16-10-5-8-13-6-1-3-9-15(13)16/h1-12,21H,(H,20,22)/b19-12+. The second-order valence-corrected chi connectivity index (χ2v) is 4.82. The van der Waals surface area contributed by atoms with E-state index < -0.39 is 6.09 Å². The Labute approximate surface area is 132 Å². The molecule has 0 saturated heterocycles. The van der Waals surface area contributed by atoms with E-state index >= 15 is 0 Å². The first-order valence-electron chi connectivity index (χ1n) is 7.01. The van der Waals surface area contributed by atoms with Gasteiger partial charge in [0.05, 0.1) is 11.9 Å². The molecule has 1 amide bonds. The number of nitrogens with one attached hydrogen (secondary N) is 1. The molecule has 3 aromatic carbocycles. The third-order valence-electron chi connectivity index (χ3n) is 3.29. The van der Waals surface area contributed by atoms with Crippen molar-refractivity contribution in [1.82, 2.24) is 0 Å². The minimum absolute atomic E-state index is 0.0642. The van der Waals surface area contributed by atoms with Gasteiger partial charge in [-0.05, 0) is 23.6 Å². The largest absolute Gasteiger partial charge is 0.507 e. The van der Waals surface area contributed by atoms with Gasteiger partial charge in [-0.1, -0.05) is 53.7 Å². The van der Waals surface area contributed by atoms with Crippen LogP contribution < -0.4 is 5.32 Å². The fraction of sp³-hybridized carbons (Fsp3) is 0. The molecule has 23 heavy (non-hydrogen) atoms. The molecule has 0 bridgehead atoms. The van der Waals surface area contributed by atoms with Gasteiger partial charge in [-0.3, -0.25) is 10.2 Å². The summed E-state index contributed by atoms with van der Waals surface area (Å²) in [5, 5.41) is 17.7. The molecule has 114 valence electrons. The number of nitrogens with zero attached hydrogens (tertiary/aromatic N) is 1. The molecule has 3 rings (SSSR count). The molecule has 0 fully saturated rings. The zero-order valence-electron chi connectivity index (χ0n) is 12.1. The van der Waals surface area contributed by atoms with Gasteiger partial charge in [0, 0.05) is 10.9 Å². The summed E-state index contributed by atoms with van der Waals surface area (Å²) in [6.07, 6.45) is 0.575. The zero-order chi connectivity index (χ0) is 16.1. The number of amides is 1. The van der Waals surface area contributed by atoms with Crippen molar-refractivity contribution < 1.29 is 14.7 Å². The Bertz CT molecular complexity index is 870. The first kappa shape index (κ1) is 14.6. The second kappa shape index (κ2) is 6.62. The molecule has 0 spiro atoms. The summed E-state index contributed by atoms with van der Waals surface area (Å²) in [5.74, 6) is 0.0642. The number of fused-ring (bicyclic) bond motifs is 1. The molecule has 0 saturated carbocycles. The number of carbonyl (C=O) groups is 1. The number of rotatable bonds is 3. The molecular weight excluding hydrogens is 292 g/mol. The zero-order valence-corrected chi connectivity index (χ0v) is 12.1. The van der Waals surface area contributed by atoms with Gasteiger partial charge >= 0.3 is 6.09 Å². The number of anilines is 1. The van der Waals surface area contributed by atoms with Crippen molar-refractivity contribution in [3.8, 4) is 5.75 Å². The Morgan fingerprint density at radius 2 is 1.74 bits per heavy atom. The van der Waals surface area contributed by atoms with Gasteiger partial charge in [0.25, 0.3) is 0 Å². The van der Waals surface area contributed by atoms with E-state index in [1.165, 1.54) is 12.3 Å². The van der Waals surface area contributed by atoms with Crippen molar-refractivity contribution in [2.24, 2.45) is 5.16 Å². The van der Waals surface area contributed by atoms with Crippen molar-refractivity contribution >= 4 is 28.8 Å². The lowest BCUT2D eigenvalue weighted by Gasteiger charge is -2.06. The first-order chi connectivity index (χ1) is 11.2. The predicted octanol–water partition coefficient (Wildman–Crippen LogP) is 4.13. The highest BCUT2D eigenvalue weighted by Crippen LogP contribution is 2.23. The Morgan fingerprint density at radius 1 is 1.00 bits per heavy atom. The van der Waals surface area contributed by atoms with Crippen LogP contribution in [0.25, 0.3) is 10.8 Å². The van der Waals surface area contributed by atoms with Crippen molar-refractivity contribution in [2.45, 2.75) is 0 Å². The fourth-order valence-corrected chi connectivity index (χ4v) is 2.19. The number of aromatic hydroxyl groups is 1. The maximum absolute atomic E-state index is 11.8. The van der Waals surface area contributed by atoms with Crippen molar-refractivity contribution in [3.05, 3.63) is 72.3 Å². The van der Waals surface area contributed by atoms with Crippen molar-refractivity contribution in [2.75, 3.05) is 5.32 Å². The van der Waals surface area contributed by atoms with Crippen LogP contribution in [0, 0.1) is 0 Å². The number of hydrogen-bond donors (Lipinski definition) is 2. The van der Waals surface area contributed by atoms with Crippen LogP contribution in [0.15, 0.2) is 71.9 Å². The number of phenols is 1. The summed E-state index contributed by atoms with van der Waals surface area (Å²) in [7, 11) is 0. The maximum Gasteiger partial charge on any atom is 0.437 e. The molecule has 2 N–H and O–H groups in total. The van der Waals surface area contributed by atoms with E-state index in [4.69, 9.17) is 4.84 Å². The minimum atomic E-state index is -0.701. The van der Waals surface area contributed by atoms with Crippen LogP contribution >= 0.6 is 0 Å². The van der Waals surface area contributed by atoms with E-state index in [-0.39, 0.29) is 5.75 Å². The molecule has 0 atom stereocenters.